The monoisotopic (exact) mass is 343 g/mol. The lowest BCUT2D eigenvalue weighted by atomic mass is 10.2. The quantitative estimate of drug-likeness (QED) is 0.472. The van der Waals surface area contributed by atoms with Crippen LogP contribution in [0.15, 0.2) is 84.9 Å². The van der Waals surface area contributed by atoms with E-state index < -0.39 is 7.42 Å². The number of anilines is 3. The molecular formula is C18H15Cl2NSi. The maximum absolute atomic E-state index is 6.30. The highest BCUT2D eigenvalue weighted by Gasteiger charge is 2.19. The molecule has 0 atom stereocenters. The number of halogens is 2. The van der Waals surface area contributed by atoms with Crippen molar-refractivity contribution in [3.05, 3.63) is 84.9 Å². The highest BCUT2D eigenvalue weighted by atomic mass is 35.7. The fourth-order valence-corrected chi connectivity index (χ4v) is 4.27. The Hall–Kier alpha value is -1.74. The summed E-state index contributed by atoms with van der Waals surface area (Å²) in [6.07, 6.45) is 0. The maximum atomic E-state index is 6.30. The molecule has 3 rings (SSSR count). The molecule has 0 spiro atoms. The Morgan fingerprint density at radius 1 is 0.591 bits per heavy atom. The number of para-hydroxylation sites is 3. The number of rotatable bonds is 4. The predicted octanol–water partition coefficient (Wildman–Crippen LogP) is 5.06. The van der Waals surface area contributed by atoms with Gasteiger partial charge in [-0.05, 0) is 35.5 Å². The second kappa shape index (κ2) is 7.01. The van der Waals surface area contributed by atoms with Crippen LogP contribution in [0.25, 0.3) is 0 Å². The smallest absolute Gasteiger partial charge is 0.268 e. The fourth-order valence-electron chi connectivity index (χ4n) is 2.46. The third-order valence-corrected chi connectivity index (χ3v) is 5.81. The molecule has 0 bridgehead atoms. The van der Waals surface area contributed by atoms with Crippen molar-refractivity contribution in [2.45, 2.75) is 0 Å². The average molecular weight is 344 g/mol. The molecule has 0 N–H and O–H groups in total. The Bertz CT molecular complexity index is 693. The molecule has 0 radical (unpaired) electrons. The van der Waals surface area contributed by atoms with Crippen LogP contribution in [0.3, 0.4) is 0 Å². The first kappa shape index (κ1) is 15.2. The number of hydrogen-bond acceptors (Lipinski definition) is 1. The van der Waals surface area contributed by atoms with Crippen molar-refractivity contribution in [3.8, 4) is 0 Å². The molecule has 4 heteroatoms. The molecule has 0 amide bonds. The van der Waals surface area contributed by atoms with E-state index in [0.29, 0.717) is 0 Å². The summed E-state index contributed by atoms with van der Waals surface area (Å²) in [4.78, 5) is 2.19. The van der Waals surface area contributed by atoms with E-state index in [2.05, 4.69) is 35.2 Å². The first-order valence-corrected chi connectivity index (χ1v) is 11.1. The highest BCUT2D eigenvalue weighted by molar-refractivity contribution is 7.39. The minimum absolute atomic E-state index is 1.03. The van der Waals surface area contributed by atoms with Crippen molar-refractivity contribution in [1.82, 2.24) is 0 Å². The van der Waals surface area contributed by atoms with Crippen LogP contribution in [-0.4, -0.2) is 7.42 Å². The van der Waals surface area contributed by atoms with Gasteiger partial charge >= 0.3 is 0 Å². The molecule has 0 aliphatic carbocycles. The maximum Gasteiger partial charge on any atom is 0.268 e. The number of benzene rings is 3. The SMILES string of the molecule is Cl[SiH](Cl)c1ccccc1N(c1ccccc1)c1ccccc1. The van der Waals surface area contributed by atoms with Crippen molar-refractivity contribution in [2.24, 2.45) is 0 Å². The van der Waals surface area contributed by atoms with Gasteiger partial charge in [-0.3, -0.25) is 0 Å². The largest absolute Gasteiger partial charge is 0.311 e. The molecule has 3 aromatic rings. The molecule has 0 heterocycles. The Balaban J connectivity index is 2.19. The third kappa shape index (κ3) is 3.19. The van der Waals surface area contributed by atoms with Crippen LogP contribution in [0.4, 0.5) is 17.1 Å². The number of nitrogens with zero attached hydrogens (tertiary/aromatic N) is 1. The highest BCUT2D eigenvalue weighted by Crippen LogP contribution is 2.33. The Kier molecular flexibility index (Phi) is 4.83. The lowest BCUT2D eigenvalue weighted by Crippen LogP contribution is -2.26. The van der Waals surface area contributed by atoms with Gasteiger partial charge in [-0.2, -0.15) is 0 Å². The van der Waals surface area contributed by atoms with E-state index in [9.17, 15) is 0 Å². The van der Waals surface area contributed by atoms with E-state index in [-0.39, 0.29) is 0 Å². The first-order chi connectivity index (χ1) is 10.8. The second-order valence-electron chi connectivity index (χ2n) is 4.87. The van der Waals surface area contributed by atoms with Gasteiger partial charge in [0.15, 0.2) is 0 Å². The van der Waals surface area contributed by atoms with E-state index in [1.165, 1.54) is 0 Å². The van der Waals surface area contributed by atoms with Crippen LogP contribution < -0.4 is 10.1 Å². The number of hydrogen-bond donors (Lipinski definition) is 0. The van der Waals surface area contributed by atoms with E-state index >= 15 is 0 Å². The van der Waals surface area contributed by atoms with Crippen LogP contribution in [0, 0.1) is 0 Å². The van der Waals surface area contributed by atoms with Crippen LogP contribution in [0.5, 0.6) is 0 Å². The van der Waals surface area contributed by atoms with Crippen LogP contribution >= 0.6 is 22.2 Å². The molecule has 0 aromatic heterocycles. The van der Waals surface area contributed by atoms with E-state index in [1.54, 1.807) is 0 Å². The van der Waals surface area contributed by atoms with Crippen molar-refractivity contribution < 1.29 is 0 Å². The Morgan fingerprint density at radius 3 is 1.55 bits per heavy atom. The molecule has 0 saturated heterocycles. The fraction of sp³-hybridized carbons (Fsp3) is 0. The first-order valence-electron chi connectivity index (χ1n) is 7.04. The van der Waals surface area contributed by atoms with Crippen molar-refractivity contribution >= 4 is 51.8 Å². The van der Waals surface area contributed by atoms with Crippen molar-refractivity contribution in [2.75, 3.05) is 4.90 Å². The topological polar surface area (TPSA) is 3.24 Å². The van der Waals surface area contributed by atoms with E-state index in [4.69, 9.17) is 22.2 Å². The van der Waals surface area contributed by atoms with Gasteiger partial charge in [0.05, 0.1) is 0 Å². The van der Waals surface area contributed by atoms with Gasteiger partial charge in [0.25, 0.3) is 7.42 Å². The molecule has 0 saturated carbocycles. The van der Waals surface area contributed by atoms with Gasteiger partial charge in [-0.1, -0.05) is 54.6 Å². The van der Waals surface area contributed by atoms with Gasteiger partial charge in [0.1, 0.15) is 0 Å². The van der Waals surface area contributed by atoms with Crippen LogP contribution in [0.2, 0.25) is 0 Å². The van der Waals surface area contributed by atoms with Crippen LogP contribution in [-0.2, 0) is 0 Å². The summed E-state index contributed by atoms with van der Waals surface area (Å²) >= 11 is 12.6. The summed E-state index contributed by atoms with van der Waals surface area (Å²) in [6.45, 7) is 0. The predicted molar refractivity (Wildman–Crippen MR) is 99.6 cm³/mol. The third-order valence-electron chi connectivity index (χ3n) is 3.44. The van der Waals surface area contributed by atoms with Gasteiger partial charge in [0, 0.05) is 17.1 Å². The second-order valence-corrected chi connectivity index (χ2v) is 9.38. The molecule has 0 fully saturated rings. The summed E-state index contributed by atoms with van der Waals surface area (Å²) in [5, 5.41) is 1.03. The molecular weight excluding hydrogens is 329 g/mol. The van der Waals surface area contributed by atoms with Gasteiger partial charge in [-0.25, -0.2) is 0 Å². The zero-order chi connectivity index (χ0) is 15.4. The minimum atomic E-state index is -1.97. The minimum Gasteiger partial charge on any atom is -0.311 e. The summed E-state index contributed by atoms with van der Waals surface area (Å²) in [7, 11) is -1.97. The van der Waals surface area contributed by atoms with E-state index in [0.717, 1.165) is 22.2 Å². The molecule has 0 aliphatic rings. The summed E-state index contributed by atoms with van der Waals surface area (Å²) < 4.78 is 0. The Morgan fingerprint density at radius 2 is 1.05 bits per heavy atom. The van der Waals surface area contributed by atoms with Gasteiger partial charge in [-0.15, -0.1) is 22.2 Å². The molecule has 0 aliphatic heterocycles. The van der Waals surface area contributed by atoms with Gasteiger partial charge < -0.3 is 4.90 Å². The lowest BCUT2D eigenvalue weighted by molar-refractivity contribution is 1.29. The van der Waals surface area contributed by atoms with E-state index in [1.807, 2.05) is 54.6 Å². The summed E-state index contributed by atoms with van der Waals surface area (Å²) in [5.74, 6) is 0. The molecule has 1 nitrogen and oxygen atoms in total. The van der Waals surface area contributed by atoms with Crippen molar-refractivity contribution in [1.29, 1.82) is 0 Å². The van der Waals surface area contributed by atoms with Crippen LogP contribution in [0.1, 0.15) is 0 Å². The molecule has 3 aromatic carbocycles. The summed E-state index contributed by atoms with van der Waals surface area (Å²) in [5.41, 5.74) is 3.22. The summed E-state index contributed by atoms with van der Waals surface area (Å²) in [6, 6.07) is 28.6. The standard InChI is InChI=1S/C18H15Cl2NSi/c19-22(20)18-14-8-7-13-17(18)21(15-9-3-1-4-10-15)16-11-5-2-6-12-16/h1-14,22H. The molecule has 0 unspecified atom stereocenters. The lowest BCUT2D eigenvalue weighted by Gasteiger charge is -2.27. The Labute approximate surface area is 141 Å². The normalized spacial score (nSPS) is 10.7. The molecule has 110 valence electrons. The molecule has 22 heavy (non-hydrogen) atoms. The average Bonchev–Trinajstić information content (AvgIpc) is 2.57. The van der Waals surface area contributed by atoms with Crippen molar-refractivity contribution in [3.63, 3.8) is 0 Å². The zero-order valence-corrected chi connectivity index (χ0v) is 14.5. The zero-order valence-electron chi connectivity index (χ0n) is 11.9. The van der Waals surface area contributed by atoms with Gasteiger partial charge in [0.2, 0.25) is 0 Å².